The first-order valence-electron chi connectivity index (χ1n) is 19.4. The van der Waals surface area contributed by atoms with E-state index in [2.05, 4.69) is 53.1 Å². The Kier molecular flexibility index (Phi) is 9.02. The summed E-state index contributed by atoms with van der Waals surface area (Å²) >= 11 is 0. The van der Waals surface area contributed by atoms with Gasteiger partial charge in [0, 0.05) is 33.0 Å². The van der Waals surface area contributed by atoms with Gasteiger partial charge in [0.1, 0.15) is 5.82 Å². The highest BCUT2D eigenvalue weighted by molar-refractivity contribution is 6.11. The van der Waals surface area contributed by atoms with Crippen molar-refractivity contribution in [1.29, 1.82) is 10.5 Å². The fourth-order valence-corrected chi connectivity index (χ4v) is 7.87. The van der Waals surface area contributed by atoms with E-state index in [1.165, 1.54) is 6.07 Å². The average molecular weight is 771 g/mol. The molecule has 0 aliphatic rings. The molecule has 0 N–H and O–H groups in total. The first kappa shape index (κ1) is 35.9. The third-order valence-electron chi connectivity index (χ3n) is 10.8. The SMILES string of the molecule is N#Cc1cccc(-c2ccc3c4ccc(-c5cccc(C#N)c5)cc4n(-c4cc(-c5ccccc5F)ccc4-c4nc(-c5ccccc5)nc(-c5ccccc5)n4)c3c2)c1. The van der Waals surface area contributed by atoms with Crippen LogP contribution in [0.2, 0.25) is 0 Å². The van der Waals surface area contributed by atoms with Crippen LogP contribution in [0.3, 0.4) is 0 Å². The van der Waals surface area contributed by atoms with Gasteiger partial charge in [-0.25, -0.2) is 19.3 Å². The van der Waals surface area contributed by atoms with Crippen LogP contribution in [0.5, 0.6) is 0 Å². The minimum absolute atomic E-state index is 0.337. The predicted molar refractivity (Wildman–Crippen MR) is 236 cm³/mol. The Hall–Kier alpha value is -8.52. The number of hydrogen-bond acceptors (Lipinski definition) is 5. The van der Waals surface area contributed by atoms with Gasteiger partial charge in [-0.3, -0.25) is 0 Å². The Labute approximate surface area is 345 Å². The van der Waals surface area contributed by atoms with Crippen LogP contribution >= 0.6 is 0 Å². The Morgan fingerprint density at radius 1 is 0.383 bits per heavy atom. The molecule has 10 aromatic rings. The van der Waals surface area contributed by atoms with Gasteiger partial charge in [0.05, 0.1) is 40.0 Å². The maximum atomic E-state index is 15.7. The molecule has 0 saturated heterocycles. The highest BCUT2D eigenvalue weighted by Gasteiger charge is 2.22. The van der Waals surface area contributed by atoms with Crippen LogP contribution in [-0.4, -0.2) is 19.5 Å². The number of aromatic nitrogens is 4. The van der Waals surface area contributed by atoms with Gasteiger partial charge in [-0.2, -0.15) is 10.5 Å². The molecular formula is C53H31FN6. The number of benzene rings is 8. The molecule has 0 fully saturated rings. The van der Waals surface area contributed by atoms with Crippen molar-refractivity contribution in [2.24, 2.45) is 0 Å². The monoisotopic (exact) mass is 770 g/mol. The summed E-state index contributed by atoms with van der Waals surface area (Å²) in [5, 5.41) is 21.5. The number of halogens is 1. The van der Waals surface area contributed by atoms with Crippen molar-refractivity contribution in [2.75, 3.05) is 0 Å². The van der Waals surface area contributed by atoms with Gasteiger partial charge in [-0.15, -0.1) is 0 Å². The van der Waals surface area contributed by atoms with E-state index in [4.69, 9.17) is 15.0 Å². The van der Waals surface area contributed by atoms with Crippen molar-refractivity contribution in [1.82, 2.24) is 19.5 Å². The summed E-state index contributed by atoms with van der Waals surface area (Å²) in [5.74, 6) is 1.15. The molecule has 8 aromatic carbocycles. The molecule has 0 aliphatic carbocycles. The second kappa shape index (κ2) is 15.1. The molecule has 0 atom stereocenters. The van der Waals surface area contributed by atoms with Gasteiger partial charge in [-0.1, -0.05) is 133 Å². The smallest absolute Gasteiger partial charge is 0.166 e. The molecule has 60 heavy (non-hydrogen) atoms. The topological polar surface area (TPSA) is 91.2 Å². The molecule has 10 rings (SSSR count). The van der Waals surface area contributed by atoms with E-state index >= 15 is 4.39 Å². The molecule has 2 aromatic heterocycles. The minimum atomic E-state index is -0.337. The maximum absolute atomic E-state index is 15.7. The summed E-state index contributed by atoms with van der Waals surface area (Å²) in [5.41, 5.74) is 10.8. The molecule has 2 heterocycles. The molecule has 6 nitrogen and oxygen atoms in total. The van der Waals surface area contributed by atoms with Crippen LogP contribution in [0.1, 0.15) is 11.1 Å². The lowest BCUT2D eigenvalue weighted by atomic mass is 10.0. The first-order chi connectivity index (χ1) is 29.5. The predicted octanol–water partition coefficient (Wildman–Crippen LogP) is 12.9. The molecule has 0 radical (unpaired) electrons. The normalized spacial score (nSPS) is 11.1. The molecule has 0 saturated carbocycles. The Balaban J connectivity index is 1.32. The molecule has 0 aliphatic heterocycles. The van der Waals surface area contributed by atoms with Crippen LogP contribution in [0, 0.1) is 28.5 Å². The number of hydrogen-bond donors (Lipinski definition) is 0. The summed E-state index contributed by atoms with van der Waals surface area (Å²) in [6.07, 6.45) is 0. The third-order valence-corrected chi connectivity index (χ3v) is 10.8. The molecule has 0 amide bonds. The Morgan fingerprint density at radius 3 is 1.38 bits per heavy atom. The van der Waals surface area contributed by atoms with Crippen LogP contribution in [0.15, 0.2) is 188 Å². The lowest BCUT2D eigenvalue weighted by Crippen LogP contribution is -2.04. The van der Waals surface area contributed by atoms with E-state index in [1.807, 2.05) is 121 Å². The van der Waals surface area contributed by atoms with Gasteiger partial charge in [0.25, 0.3) is 0 Å². The standard InChI is InChI=1S/C53H31FN6/c54-47-20-8-7-19-43(47)42-23-26-46(53-58-51(36-13-3-1-4-14-36)57-52(59-53)37-15-5-2-6-16-37)50(31-42)60-48-29-40(38-17-9-11-34(27-38)32-55)21-24-44(48)45-25-22-41(30-49(45)60)39-18-10-12-35(28-39)33-56/h1-31H. The van der Waals surface area contributed by atoms with E-state index in [0.717, 1.165) is 60.9 Å². The number of nitriles is 2. The number of nitrogens with zero attached hydrogens (tertiary/aromatic N) is 6. The molecule has 0 bridgehead atoms. The third kappa shape index (κ3) is 6.53. The van der Waals surface area contributed by atoms with Crippen molar-refractivity contribution in [3.8, 4) is 85.4 Å². The second-order valence-electron chi connectivity index (χ2n) is 14.4. The summed E-state index contributed by atoms with van der Waals surface area (Å²) in [6, 6.07) is 64.7. The fraction of sp³-hybridized carbons (Fsp3) is 0. The molecule has 280 valence electrons. The summed E-state index contributed by atoms with van der Waals surface area (Å²) in [4.78, 5) is 15.3. The molecule has 0 spiro atoms. The van der Waals surface area contributed by atoms with Crippen molar-refractivity contribution >= 4 is 21.8 Å². The summed E-state index contributed by atoms with van der Waals surface area (Å²) < 4.78 is 17.9. The Bertz CT molecular complexity index is 3190. The second-order valence-corrected chi connectivity index (χ2v) is 14.4. The fourth-order valence-electron chi connectivity index (χ4n) is 7.87. The van der Waals surface area contributed by atoms with Gasteiger partial charge in [0.2, 0.25) is 0 Å². The zero-order valence-electron chi connectivity index (χ0n) is 32.0. The lowest BCUT2D eigenvalue weighted by molar-refractivity contribution is 0.631. The molecule has 0 unspecified atom stereocenters. The molecule has 7 heteroatoms. The zero-order chi connectivity index (χ0) is 40.6. The van der Waals surface area contributed by atoms with Crippen molar-refractivity contribution < 1.29 is 4.39 Å². The zero-order valence-corrected chi connectivity index (χ0v) is 32.0. The van der Waals surface area contributed by atoms with Crippen molar-refractivity contribution in [2.45, 2.75) is 0 Å². The number of rotatable bonds is 7. The average Bonchev–Trinajstić information content (AvgIpc) is 3.64. The van der Waals surface area contributed by atoms with E-state index in [-0.39, 0.29) is 5.82 Å². The minimum Gasteiger partial charge on any atom is -0.308 e. The van der Waals surface area contributed by atoms with Crippen molar-refractivity contribution in [3.05, 3.63) is 205 Å². The van der Waals surface area contributed by atoms with E-state index in [9.17, 15) is 10.5 Å². The van der Waals surface area contributed by atoms with Crippen LogP contribution in [-0.2, 0) is 0 Å². The highest BCUT2D eigenvalue weighted by Crippen LogP contribution is 2.41. The van der Waals surface area contributed by atoms with Crippen LogP contribution in [0.4, 0.5) is 4.39 Å². The van der Waals surface area contributed by atoms with Gasteiger partial charge >= 0.3 is 0 Å². The maximum Gasteiger partial charge on any atom is 0.166 e. The van der Waals surface area contributed by atoms with Crippen LogP contribution < -0.4 is 0 Å². The first-order valence-corrected chi connectivity index (χ1v) is 19.4. The van der Waals surface area contributed by atoms with E-state index in [0.29, 0.717) is 45.3 Å². The van der Waals surface area contributed by atoms with Crippen molar-refractivity contribution in [3.63, 3.8) is 0 Å². The molecular weight excluding hydrogens is 740 g/mol. The number of fused-ring (bicyclic) bond motifs is 3. The highest BCUT2D eigenvalue weighted by atomic mass is 19.1. The largest absolute Gasteiger partial charge is 0.308 e. The quantitative estimate of drug-likeness (QED) is 0.161. The van der Waals surface area contributed by atoms with E-state index < -0.39 is 0 Å². The van der Waals surface area contributed by atoms with Crippen LogP contribution in [0.25, 0.3) is 95.0 Å². The lowest BCUT2D eigenvalue weighted by Gasteiger charge is -2.17. The van der Waals surface area contributed by atoms with E-state index in [1.54, 1.807) is 24.3 Å². The van der Waals surface area contributed by atoms with Gasteiger partial charge in [0.15, 0.2) is 17.5 Å². The van der Waals surface area contributed by atoms with Gasteiger partial charge < -0.3 is 4.57 Å². The summed E-state index contributed by atoms with van der Waals surface area (Å²) in [6.45, 7) is 0. The van der Waals surface area contributed by atoms with Gasteiger partial charge in [-0.05, 0) is 82.4 Å². The summed E-state index contributed by atoms with van der Waals surface area (Å²) in [7, 11) is 0. The Morgan fingerprint density at radius 2 is 0.850 bits per heavy atom.